The largest absolute Gasteiger partial charge is 0.497 e. The number of aromatic nitrogens is 2. The van der Waals surface area contributed by atoms with Crippen LogP contribution in [0.5, 0.6) is 23.1 Å². The van der Waals surface area contributed by atoms with E-state index >= 15 is 0 Å². The van der Waals surface area contributed by atoms with Gasteiger partial charge in [0, 0.05) is 5.56 Å². The number of carbonyl (C=O) groups is 1. The molecule has 0 radical (unpaired) electrons. The number of nitrogens with one attached hydrogen (secondary N) is 1. The molecule has 0 unspecified atom stereocenters. The molecule has 1 atom stereocenters. The van der Waals surface area contributed by atoms with Gasteiger partial charge in [-0.05, 0) is 42.5 Å². The molecule has 0 fully saturated rings. The van der Waals surface area contributed by atoms with E-state index in [0.717, 1.165) is 0 Å². The first-order valence-electron chi connectivity index (χ1n) is 9.09. The predicted octanol–water partition coefficient (Wildman–Crippen LogP) is 2.89. The van der Waals surface area contributed by atoms with E-state index in [1.165, 1.54) is 25.9 Å². The highest BCUT2D eigenvalue weighted by molar-refractivity contribution is 7.71. The second-order valence-corrected chi connectivity index (χ2v) is 6.97. The van der Waals surface area contributed by atoms with Crippen LogP contribution in [0.3, 0.4) is 0 Å². The van der Waals surface area contributed by atoms with Crippen molar-refractivity contribution in [2.75, 3.05) is 21.3 Å². The zero-order valence-electron chi connectivity index (χ0n) is 16.8. The molecule has 2 aromatic carbocycles. The molecule has 1 aliphatic heterocycles. The molecule has 0 bridgehead atoms. The Hall–Kier alpha value is -3.79. The van der Waals surface area contributed by atoms with Crippen molar-refractivity contribution < 1.29 is 28.8 Å². The van der Waals surface area contributed by atoms with Crippen molar-refractivity contribution in [3.8, 4) is 28.8 Å². The number of rotatable bonds is 5. The number of esters is 1. The summed E-state index contributed by atoms with van der Waals surface area (Å²) in [4.78, 5) is 27.9. The smallest absolute Gasteiger partial charge is 0.343 e. The highest BCUT2D eigenvalue weighted by Gasteiger charge is 2.40. The molecule has 0 amide bonds. The van der Waals surface area contributed by atoms with Gasteiger partial charge in [-0.3, -0.25) is 14.3 Å². The summed E-state index contributed by atoms with van der Waals surface area (Å²) < 4.78 is 22.4. The Morgan fingerprint density at radius 1 is 1.03 bits per heavy atom. The number of aromatic amines is 1. The van der Waals surface area contributed by atoms with Crippen molar-refractivity contribution in [2.24, 2.45) is 0 Å². The number of methoxy groups -OCH3 is 3. The molecule has 3 aromatic rings. The molecule has 0 saturated heterocycles. The van der Waals surface area contributed by atoms with E-state index in [1.54, 1.807) is 36.4 Å². The third-order valence-corrected chi connectivity index (χ3v) is 5.29. The molecule has 9 nitrogen and oxygen atoms in total. The topological polar surface area (TPSA) is 112 Å². The minimum absolute atomic E-state index is 0.0201. The standard InChI is InChI=1S/C21H18N2O7S/c1-27-11-6-4-10(5-7-11)23-19(25)15(18(24)22-21(23)31)16-12-8-9-13(28-2)17(29-3)14(12)20(26)30-16/h4-9,16,25H,1-3H3,(H,22,24,31)/t16-/m1/s1. The Kier molecular flexibility index (Phi) is 5.15. The lowest BCUT2D eigenvalue weighted by Crippen LogP contribution is -2.21. The first-order valence-corrected chi connectivity index (χ1v) is 9.50. The zero-order valence-corrected chi connectivity index (χ0v) is 17.6. The molecule has 10 heteroatoms. The van der Waals surface area contributed by atoms with Crippen LogP contribution >= 0.6 is 12.2 Å². The lowest BCUT2D eigenvalue weighted by atomic mass is 9.99. The van der Waals surface area contributed by atoms with Gasteiger partial charge in [0.1, 0.15) is 16.9 Å². The van der Waals surface area contributed by atoms with Gasteiger partial charge in [0.25, 0.3) is 5.56 Å². The summed E-state index contributed by atoms with van der Waals surface area (Å²) in [5.41, 5.74) is 0.139. The average Bonchev–Trinajstić information content (AvgIpc) is 3.09. The van der Waals surface area contributed by atoms with Crippen LogP contribution < -0.4 is 19.8 Å². The van der Waals surface area contributed by atoms with E-state index in [1.807, 2.05) is 0 Å². The predicted molar refractivity (Wildman–Crippen MR) is 112 cm³/mol. The van der Waals surface area contributed by atoms with E-state index in [-0.39, 0.29) is 21.6 Å². The van der Waals surface area contributed by atoms with Gasteiger partial charge in [-0.15, -0.1) is 0 Å². The van der Waals surface area contributed by atoms with Gasteiger partial charge in [0.05, 0.1) is 27.0 Å². The maximum Gasteiger partial charge on any atom is 0.343 e. The van der Waals surface area contributed by atoms with Crippen LogP contribution in [0.1, 0.15) is 27.6 Å². The number of H-pyrrole nitrogens is 1. The van der Waals surface area contributed by atoms with Gasteiger partial charge in [-0.1, -0.05) is 6.07 Å². The molecular formula is C21H18N2O7S. The van der Waals surface area contributed by atoms with Crippen LogP contribution in [-0.4, -0.2) is 42.0 Å². The molecule has 0 spiro atoms. The van der Waals surface area contributed by atoms with E-state index in [9.17, 15) is 14.7 Å². The highest BCUT2D eigenvalue weighted by Crippen LogP contribution is 2.45. The van der Waals surface area contributed by atoms with Crippen molar-refractivity contribution in [2.45, 2.75) is 6.10 Å². The molecule has 31 heavy (non-hydrogen) atoms. The van der Waals surface area contributed by atoms with Gasteiger partial charge < -0.3 is 24.1 Å². The third-order valence-electron chi connectivity index (χ3n) is 5.00. The highest BCUT2D eigenvalue weighted by atomic mass is 32.1. The summed E-state index contributed by atoms with van der Waals surface area (Å²) in [5.74, 6) is -0.0102. The molecule has 1 aromatic heterocycles. The third kappa shape index (κ3) is 3.21. The molecule has 4 rings (SSSR count). The fraction of sp³-hybridized carbons (Fsp3) is 0.190. The van der Waals surface area contributed by atoms with Crippen LogP contribution in [0.2, 0.25) is 0 Å². The normalized spacial score (nSPS) is 14.7. The van der Waals surface area contributed by atoms with Crippen LogP contribution in [0.25, 0.3) is 5.69 Å². The number of cyclic esters (lactones) is 1. The van der Waals surface area contributed by atoms with Gasteiger partial charge in [0.15, 0.2) is 22.4 Å². The molecule has 0 saturated carbocycles. The second kappa shape index (κ2) is 7.80. The Bertz CT molecular complexity index is 1290. The number of ether oxygens (including phenoxy) is 4. The maximum atomic E-state index is 12.8. The number of nitrogens with zero attached hydrogens (tertiary/aromatic N) is 1. The van der Waals surface area contributed by atoms with Gasteiger partial charge >= 0.3 is 5.97 Å². The van der Waals surface area contributed by atoms with Crippen molar-refractivity contribution >= 4 is 18.2 Å². The summed E-state index contributed by atoms with van der Waals surface area (Å²) in [6.45, 7) is 0. The minimum atomic E-state index is -1.16. The Balaban J connectivity index is 1.92. The molecule has 160 valence electrons. The summed E-state index contributed by atoms with van der Waals surface area (Å²) in [7, 11) is 4.37. The van der Waals surface area contributed by atoms with Crippen LogP contribution in [0.15, 0.2) is 41.2 Å². The van der Waals surface area contributed by atoms with Gasteiger partial charge in [0.2, 0.25) is 5.88 Å². The van der Waals surface area contributed by atoms with E-state index in [2.05, 4.69) is 4.98 Å². The first-order chi connectivity index (χ1) is 14.9. The molecule has 0 aliphatic carbocycles. The Morgan fingerprint density at radius 2 is 1.74 bits per heavy atom. The van der Waals surface area contributed by atoms with Crippen LogP contribution in [0, 0.1) is 4.77 Å². The number of hydrogen-bond acceptors (Lipinski definition) is 8. The van der Waals surface area contributed by atoms with Gasteiger partial charge in [-0.2, -0.15) is 0 Å². The molecule has 2 N–H and O–H groups in total. The quantitative estimate of drug-likeness (QED) is 0.458. The number of carbonyl (C=O) groups excluding carboxylic acids is 1. The summed E-state index contributed by atoms with van der Waals surface area (Å²) in [6.07, 6.45) is -1.16. The number of fused-ring (bicyclic) bond motifs is 1. The van der Waals surface area contributed by atoms with Crippen molar-refractivity contribution in [1.29, 1.82) is 0 Å². The summed E-state index contributed by atoms with van der Waals surface area (Å²) in [5, 5.41) is 11.0. The number of aromatic hydroxyl groups is 1. The summed E-state index contributed by atoms with van der Waals surface area (Å²) in [6, 6.07) is 9.88. The van der Waals surface area contributed by atoms with Crippen molar-refractivity contribution in [1.82, 2.24) is 9.55 Å². The fourth-order valence-corrected chi connectivity index (χ4v) is 3.85. The van der Waals surface area contributed by atoms with E-state index in [0.29, 0.717) is 22.7 Å². The van der Waals surface area contributed by atoms with Crippen LogP contribution in [0.4, 0.5) is 0 Å². The second-order valence-electron chi connectivity index (χ2n) is 6.58. The first kappa shape index (κ1) is 20.5. The lowest BCUT2D eigenvalue weighted by Gasteiger charge is -2.17. The fourth-order valence-electron chi connectivity index (χ4n) is 3.56. The Morgan fingerprint density at radius 3 is 2.35 bits per heavy atom. The lowest BCUT2D eigenvalue weighted by molar-refractivity contribution is 0.0447. The average molecular weight is 442 g/mol. The SMILES string of the molecule is COc1ccc(-n2c(O)c([C@@H]3OC(=O)c4c3ccc(OC)c4OC)c(=O)[nH]c2=S)cc1. The van der Waals surface area contributed by atoms with Gasteiger partial charge in [-0.25, -0.2) is 4.79 Å². The van der Waals surface area contributed by atoms with E-state index in [4.69, 9.17) is 31.2 Å². The minimum Gasteiger partial charge on any atom is -0.497 e. The molecular weight excluding hydrogens is 424 g/mol. The van der Waals surface area contributed by atoms with E-state index < -0.39 is 23.5 Å². The molecule has 2 heterocycles. The van der Waals surface area contributed by atoms with Crippen molar-refractivity contribution in [3.05, 3.63) is 68.2 Å². The zero-order chi connectivity index (χ0) is 22.3. The molecule has 1 aliphatic rings. The Labute approximate surface area is 181 Å². The van der Waals surface area contributed by atoms with Crippen LogP contribution in [-0.2, 0) is 4.74 Å². The monoisotopic (exact) mass is 442 g/mol. The van der Waals surface area contributed by atoms with Crippen molar-refractivity contribution in [3.63, 3.8) is 0 Å². The summed E-state index contributed by atoms with van der Waals surface area (Å²) >= 11 is 5.25. The maximum absolute atomic E-state index is 12.8. The number of benzene rings is 2. The number of hydrogen-bond donors (Lipinski definition) is 2.